The van der Waals surface area contributed by atoms with E-state index in [4.69, 9.17) is 15.0 Å². The van der Waals surface area contributed by atoms with Crippen molar-refractivity contribution >= 4 is 6.08 Å². The molecule has 5 rings (SSSR count). The molecule has 0 amide bonds. The van der Waals surface area contributed by atoms with Crippen molar-refractivity contribution in [2.45, 2.75) is 77.3 Å². The molecule has 2 aromatic carbocycles. The molecule has 0 unspecified atom stereocenters. The number of aromatic nitrogens is 3. The number of nitrogens with zero attached hydrogens (tertiary/aromatic N) is 4. The van der Waals surface area contributed by atoms with Gasteiger partial charge in [-0.05, 0) is 61.0 Å². The van der Waals surface area contributed by atoms with Crippen LogP contribution in [0.3, 0.4) is 0 Å². The van der Waals surface area contributed by atoms with Gasteiger partial charge in [-0.15, -0.1) is 0 Å². The van der Waals surface area contributed by atoms with Crippen molar-refractivity contribution in [1.29, 1.82) is 0 Å². The van der Waals surface area contributed by atoms with Crippen molar-refractivity contribution in [2.24, 2.45) is 10.9 Å². The maximum absolute atomic E-state index is 10.2. The minimum atomic E-state index is 0.0993. The molecular formula is C30H36N4O. The second kappa shape index (κ2) is 9.80. The number of hydrogen-bond acceptors (Lipinski definition) is 4. The lowest BCUT2D eigenvalue weighted by Crippen LogP contribution is -2.30. The summed E-state index contributed by atoms with van der Waals surface area (Å²) in [5.74, 6) is 2.47. The van der Waals surface area contributed by atoms with Crippen LogP contribution in [0.15, 0.2) is 65.3 Å². The average molecular weight is 469 g/mol. The third kappa shape index (κ3) is 5.55. The van der Waals surface area contributed by atoms with E-state index in [2.05, 4.69) is 75.4 Å². The summed E-state index contributed by atoms with van der Waals surface area (Å²) in [6.45, 7) is 7.03. The minimum absolute atomic E-state index is 0.0993. The summed E-state index contributed by atoms with van der Waals surface area (Å²) in [7, 11) is 0. The van der Waals surface area contributed by atoms with Gasteiger partial charge in [0.15, 0.2) is 5.82 Å². The lowest BCUT2D eigenvalue weighted by Gasteiger charge is -2.26. The quantitative estimate of drug-likeness (QED) is 0.481. The molecule has 0 radical (unpaired) electrons. The highest BCUT2D eigenvalue weighted by molar-refractivity contribution is 5.58. The van der Waals surface area contributed by atoms with Crippen LogP contribution in [0.25, 0.3) is 17.5 Å². The highest BCUT2D eigenvalue weighted by atomic mass is 16.3. The Morgan fingerprint density at radius 1 is 0.943 bits per heavy atom. The van der Waals surface area contributed by atoms with Crippen molar-refractivity contribution < 1.29 is 5.11 Å². The van der Waals surface area contributed by atoms with Gasteiger partial charge in [-0.25, -0.2) is 9.98 Å². The van der Waals surface area contributed by atoms with Crippen LogP contribution in [-0.2, 0) is 18.4 Å². The summed E-state index contributed by atoms with van der Waals surface area (Å²) in [5, 5.41) is 10.2. The molecule has 1 aromatic heterocycles. The van der Waals surface area contributed by atoms with E-state index >= 15 is 0 Å². The third-order valence-corrected chi connectivity index (χ3v) is 7.37. The number of benzene rings is 2. The van der Waals surface area contributed by atoms with Gasteiger partial charge in [-0.1, -0.05) is 75.4 Å². The van der Waals surface area contributed by atoms with Gasteiger partial charge >= 0.3 is 0 Å². The van der Waals surface area contributed by atoms with Crippen LogP contribution in [0.2, 0.25) is 0 Å². The summed E-state index contributed by atoms with van der Waals surface area (Å²) >= 11 is 0. The maximum atomic E-state index is 10.2. The lowest BCUT2D eigenvalue weighted by molar-refractivity contribution is 0.306. The number of hydrogen-bond donors (Lipinski definition) is 1. The molecule has 1 aliphatic heterocycles. The van der Waals surface area contributed by atoms with Crippen molar-refractivity contribution in [3.8, 4) is 11.4 Å². The topological polar surface area (TPSA) is 63.3 Å². The lowest BCUT2D eigenvalue weighted by atomic mass is 9.83. The Bertz CT molecular complexity index is 1260. The number of fused-ring (bicyclic) bond motifs is 1. The van der Waals surface area contributed by atoms with Crippen LogP contribution in [0.4, 0.5) is 0 Å². The number of allylic oxidation sites excluding steroid dienone is 1. The van der Waals surface area contributed by atoms with Crippen LogP contribution < -0.4 is 5.62 Å². The molecular weight excluding hydrogens is 432 g/mol. The van der Waals surface area contributed by atoms with Gasteiger partial charge in [-0.3, -0.25) is 4.57 Å². The molecule has 1 N–H and O–H groups in total. The molecule has 2 heterocycles. The van der Waals surface area contributed by atoms with Crippen molar-refractivity contribution in [3.05, 3.63) is 82.9 Å². The molecule has 0 spiro atoms. The van der Waals surface area contributed by atoms with E-state index in [1.54, 1.807) is 6.08 Å². The van der Waals surface area contributed by atoms with Gasteiger partial charge in [0.2, 0.25) is 5.62 Å². The monoisotopic (exact) mass is 468 g/mol. The van der Waals surface area contributed by atoms with E-state index in [0.29, 0.717) is 23.7 Å². The number of aliphatic hydroxyl groups is 1. The van der Waals surface area contributed by atoms with Crippen LogP contribution in [0.1, 0.15) is 69.8 Å². The fraction of sp³-hybridized carbons (Fsp3) is 0.433. The summed E-state index contributed by atoms with van der Waals surface area (Å²) in [5.41, 5.74) is 4.47. The summed E-state index contributed by atoms with van der Waals surface area (Å²) in [6, 6.07) is 19.6. The standard InChI is InChI=1S/C30H36N4O/c1-30(2,3)24-15-13-23(14-16-24)28-32-27-19-26(35)20-34(27)29(33-28)31-25-17-11-22(12-18-25)10-9-21-7-5-4-6-8-21/h4-8,13-16,19,22,25,35H,9-12,17-18,20H2,1-3H3. The molecule has 182 valence electrons. The Labute approximate surface area is 208 Å². The third-order valence-electron chi connectivity index (χ3n) is 7.37. The fourth-order valence-electron chi connectivity index (χ4n) is 5.16. The number of aryl methyl sites for hydroxylation is 1. The van der Waals surface area contributed by atoms with Crippen molar-refractivity contribution in [1.82, 2.24) is 14.5 Å². The Kier molecular flexibility index (Phi) is 6.59. The predicted octanol–water partition coefficient (Wildman–Crippen LogP) is 6.25. The second-order valence-electron chi connectivity index (χ2n) is 11.1. The van der Waals surface area contributed by atoms with E-state index in [9.17, 15) is 5.11 Å². The molecule has 5 nitrogen and oxygen atoms in total. The summed E-state index contributed by atoms with van der Waals surface area (Å²) in [4.78, 5) is 14.7. The first kappa shape index (κ1) is 23.5. The maximum Gasteiger partial charge on any atom is 0.229 e. The molecule has 1 aliphatic carbocycles. The molecule has 0 saturated heterocycles. The van der Waals surface area contributed by atoms with Crippen LogP contribution in [-0.4, -0.2) is 25.7 Å². The molecule has 35 heavy (non-hydrogen) atoms. The van der Waals surface area contributed by atoms with Gasteiger partial charge in [0.25, 0.3) is 0 Å². The van der Waals surface area contributed by atoms with Gasteiger partial charge < -0.3 is 5.11 Å². The Balaban J connectivity index is 1.33. The number of aliphatic hydroxyl groups excluding tert-OH is 1. The van der Waals surface area contributed by atoms with Crippen LogP contribution in [0, 0.1) is 5.92 Å². The average Bonchev–Trinajstić information content (AvgIpc) is 3.24. The molecule has 1 fully saturated rings. The Morgan fingerprint density at radius 2 is 1.66 bits per heavy atom. The first-order valence-electron chi connectivity index (χ1n) is 12.9. The first-order chi connectivity index (χ1) is 16.8. The molecule has 0 bridgehead atoms. The van der Waals surface area contributed by atoms with Crippen molar-refractivity contribution in [2.75, 3.05) is 0 Å². The fourth-order valence-corrected chi connectivity index (χ4v) is 5.16. The van der Waals surface area contributed by atoms with E-state index < -0.39 is 0 Å². The molecule has 5 heteroatoms. The summed E-state index contributed by atoms with van der Waals surface area (Å²) < 4.78 is 1.93. The highest BCUT2D eigenvalue weighted by Crippen LogP contribution is 2.30. The SMILES string of the molecule is CC(C)(C)c1ccc(-c2nc3n(c(=NC4CCC(CCc5ccccc5)CC4)n2)CC(O)=C3)cc1. The van der Waals surface area contributed by atoms with E-state index in [1.807, 2.05) is 4.57 Å². The van der Waals surface area contributed by atoms with E-state index in [1.165, 1.54) is 30.4 Å². The van der Waals surface area contributed by atoms with E-state index in [-0.39, 0.29) is 11.5 Å². The van der Waals surface area contributed by atoms with Gasteiger partial charge in [0.1, 0.15) is 11.6 Å². The zero-order valence-corrected chi connectivity index (χ0v) is 21.1. The van der Waals surface area contributed by atoms with Crippen LogP contribution >= 0.6 is 0 Å². The first-order valence-corrected chi connectivity index (χ1v) is 12.9. The van der Waals surface area contributed by atoms with Gasteiger partial charge in [0.05, 0.1) is 12.6 Å². The van der Waals surface area contributed by atoms with Crippen LogP contribution in [0.5, 0.6) is 0 Å². The van der Waals surface area contributed by atoms with E-state index in [0.717, 1.165) is 36.6 Å². The largest absolute Gasteiger partial charge is 0.510 e. The second-order valence-corrected chi connectivity index (χ2v) is 11.1. The zero-order chi connectivity index (χ0) is 24.4. The van der Waals surface area contributed by atoms with Gasteiger partial charge in [0, 0.05) is 11.6 Å². The zero-order valence-electron chi connectivity index (χ0n) is 21.1. The molecule has 3 aromatic rings. The smallest absolute Gasteiger partial charge is 0.229 e. The number of rotatable bonds is 5. The highest BCUT2D eigenvalue weighted by Gasteiger charge is 2.22. The Morgan fingerprint density at radius 3 is 2.34 bits per heavy atom. The molecule has 0 atom stereocenters. The Hall–Kier alpha value is -3.21. The normalized spacial score (nSPS) is 20.5. The predicted molar refractivity (Wildman–Crippen MR) is 141 cm³/mol. The molecule has 1 saturated carbocycles. The van der Waals surface area contributed by atoms with Crippen molar-refractivity contribution in [3.63, 3.8) is 0 Å². The molecule has 2 aliphatic rings. The summed E-state index contributed by atoms with van der Waals surface area (Å²) in [6.07, 6.45) is 8.74. The van der Waals surface area contributed by atoms with Gasteiger partial charge in [-0.2, -0.15) is 4.98 Å². The minimum Gasteiger partial charge on any atom is -0.510 e.